The molecule has 0 aliphatic rings. The van der Waals surface area contributed by atoms with Crippen molar-refractivity contribution in [2.75, 3.05) is 5.32 Å². The molecule has 0 aliphatic carbocycles. The summed E-state index contributed by atoms with van der Waals surface area (Å²) in [4.78, 5) is 22.9. The van der Waals surface area contributed by atoms with Crippen molar-refractivity contribution in [2.24, 2.45) is 5.41 Å². The third-order valence-corrected chi connectivity index (χ3v) is 3.25. The minimum absolute atomic E-state index is 0.181. The summed E-state index contributed by atoms with van der Waals surface area (Å²) < 4.78 is 13.4. The van der Waals surface area contributed by atoms with Crippen molar-refractivity contribution >= 4 is 17.7 Å². The van der Waals surface area contributed by atoms with Gasteiger partial charge in [0.05, 0.1) is 6.42 Å². The zero-order chi connectivity index (χ0) is 16.2. The Morgan fingerprint density at radius 2 is 1.95 bits per heavy atom. The molecule has 3 N–H and O–H groups in total. The van der Waals surface area contributed by atoms with Crippen LogP contribution in [0.2, 0.25) is 0 Å². The molecule has 2 amide bonds. The summed E-state index contributed by atoms with van der Waals surface area (Å²) in [5, 5.41) is 14.1. The molecule has 1 rings (SSSR count). The molecule has 1 atom stereocenters. The summed E-state index contributed by atoms with van der Waals surface area (Å²) in [6.07, 6.45) is -0.181. The third-order valence-electron chi connectivity index (χ3n) is 3.25. The average molecular weight is 296 g/mol. The van der Waals surface area contributed by atoms with Crippen molar-refractivity contribution in [2.45, 2.75) is 40.2 Å². The molecule has 5 nitrogen and oxygen atoms in total. The molecular weight excluding hydrogens is 275 g/mol. The minimum Gasteiger partial charge on any atom is -0.481 e. The van der Waals surface area contributed by atoms with Crippen molar-refractivity contribution in [1.82, 2.24) is 5.32 Å². The van der Waals surface area contributed by atoms with Crippen molar-refractivity contribution in [1.29, 1.82) is 0 Å². The number of hydrogen-bond donors (Lipinski definition) is 3. The van der Waals surface area contributed by atoms with E-state index in [9.17, 15) is 14.0 Å². The van der Waals surface area contributed by atoms with Crippen molar-refractivity contribution in [3.63, 3.8) is 0 Å². The second kappa shape index (κ2) is 6.56. The van der Waals surface area contributed by atoms with Crippen LogP contribution in [0.3, 0.4) is 0 Å². The second-order valence-electron chi connectivity index (χ2n) is 6.03. The molecule has 0 saturated carbocycles. The van der Waals surface area contributed by atoms with Crippen molar-refractivity contribution < 1.29 is 19.1 Å². The zero-order valence-corrected chi connectivity index (χ0v) is 12.7. The first-order chi connectivity index (χ1) is 9.61. The molecule has 116 valence electrons. The van der Waals surface area contributed by atoms with Gasteiger partial charge in [0.2, 0.25) is 0 Å². The number of aliphatic carboxylic acids is 1. The van der Waals surface area contributed by atoms with Gasteiger partial charge in [-0.1, -0.05) is 26.8 Å². The largest absolute Gasteiger partial charge is 0.481 e. The molecule has 0 heterocycles. The van der Waals surface area contributed by atoms with Crippen molar-refractivity contribution in [3.8, 4) is 0 Å². The van der Waals surface area contributed by atoms with E-state index < -0.39 is 29.3 Å². The number of anilines is 1. The van der Waals surface area contributed by atoms with Crippen LogP contribution in [-0.4, -0.2) is 23.1 Å². The fraction of sp³-hybridized carbons (Fsp3) is 0.467. The highest BCUT2D eigenvalue weighted by Crippen LogP contribution is 2.22. The summed E-state index contributed by atoms with van der Waals surface area (Å²) in [5.41, 5.74) is 0.279. The molecule has 0 saturated heterocycles. The predicted molar refractivity (Wildman–Crippen MR) is 78.8 cm³/mol. The lowest BCUT2D eigenvalue weighted by Gasteiger charge is -2.30. The lowest BCUT2D eigenvalue weighted by atomic mass is 9.85. The third kappa shape index (κ3) is 5.06. The topological polar surface area (TPSA) is 78.4 Å². The van der Waals surface area contributed by atoms with Gasteiger partial charge in [-0.05, 0) is 24.5 Å². The Morgan fingerprint density at radius 3 is 2.48 bits per heavy atom. The molecule has 0 radical (unpaired) electrons. The molecule has 0 aromatic heterocycles. The lowest BCUT2D eigenvalue weighted by Crippen LogP contribution is -2.46. The van der Waals surface area contributed by atoms with E-state index in [1.165, 1.54) is 12.1 Å². The van der Waals surface area contributed by atoms with Gasteiger partial charge < -0.3 is 15.7 Å². The van der Waals surface area contributed by atoms with Gasteiger partial charge in [0.1, 0.15) is 5.82 Å². The standard InChI is InChI=1S/C15H21FN2O3/c1-9-10(16)6-5-7-11(9)17-14(21)18-12(8-13(19)20)15(2,3)4/h5-7,12H,8H2,1-4H3,(H,19,20)(H2,17,18,21). The number of amides is 2. The van der Waals surface area contributed by atoms with Crippen LogP contribution in [-0.2, 0) is 4.79 Å². The van der Waals surface area contributed by atoms with Crippen LogP contribution in [0.4, 0.5) is 14.9 Å². The number of carbonyl (C=O) groups excluding carboxylic acids is 1. The van der Waals surface area contributed by atoms with Crippen LogP contribution < -0.4 is 10.6 Å². The van der Waals surface area contributed by atoms with Gasteiger partial charge >= 0.3 is 12.0 Å². The normalized spacial score (nSPS) is 12.6. The van der Waals surface area contributed by atoms with Crippen LogP contribution in [0, 0.1) is 18.2 Å². The fourth-order valence-corrected chi connectivity index (χ4v) is 1.81. The molecule has 1 unspecified atom stereocenters. The SMILES string of the molecule is Cc1c(F)cccc1NC(=O)NC(CC(=O)O)C(C)(C)C. The van der Waals surface area contributed by atoms with E-state index in [0.29, 0.717) is 11.3 Å². The van der Waals surface area contributed by atoms with E-state index >= 15 is 0 Å². The smallest absolute Gasteiger partial charge is 0.319 e. The van der Waals surface area contributed by atoms with E-state index in [2.05, 4.69) is 10.6 Å². The zero-order valence-electron chi connectivity index (χ0n) is 12.7. The van der Waals surface area contributed by atoms with E-state index in [-0.39, 0.29) is 6.42 Å². The van der Waals surface area contributed by atoms with Gasteiger partial charge in [0.25, 0.3) is 0 Å². The first-order valence-corrected chi connectivity index (χ1v) is 6.65. The maximum Gasteiger partial charge on any atom is 0.319 e. The summed E-state index contributed by atoms with van der Waals surface area (Å²) in [7, 11) is 0. The number of carboxylic acid groups (broad SMARTS) is 1. The summed E-state index contributed by atoms with van der Waals surface area (Å²) in [6.45, 7) is 7.08. The van der Waals surface area contributed by atoms with E-state index in [4.69, 9.17) is 5.11 Å². The number of carbonyl (C=O) groups is 2. The monoisotopic (exact) mass is 296 g/mol. The number of benzene rings is 1. The molecule has 1 aromatic rings. The fourth-order valence-electron chi connectivity index (χ4n) is 1.81. The van der Waals surface area contributed by atoms with Crippen LogP contribution >= 0.6 is 0 Å². The van der Waals surface area contributed by atoms with Gasteiger partial charge in [-0.2, -0.15) is 0 Å². The van der Waals surface area contributed by atoms with Crippen LogP contribution in [0.15, 0.2) is 18.2 Å². The minimum atomic E-state index is -0.989. The van der Waals surface area contributed by atoms with Gasteiger partial charge in [-0.3, -0.25) is 4.79 Å². The summed E-state index contributed by atoms with van der Waals surface area (Å²) in [6, 6.07) is 3.30. The highest BCUT2D eigenvalue weighted by atomic mass is 19.1. The summed E-state index contributed by atoms with van der Waals surface area (Å²) >= 11 is 0. The first-order valence-electron chi connectivity index (χ1n) is 6.65. The molecule has 6 heteroatoms. The van der Waals surface area contributed by atoms with Crippen LogP contribution in [0.25, 0.3) is 0 Å². The number of urea groups is 1. The van der Waals surface area contributed by atoms with Gasteiger partial charge in [0.15, 0.2) is 0 Å². The molecule has 0 aliphatic heterocycles. The van der Waals surface area contributed by atoms with Gasteiger partial charge in [-0.15, -0.1) is 0 Å². The molecule has 0 spiro atoms. The number of hydrogen-bond acceptors (Lipinski definition) is 2. The van der Waals surface area contributed by atoms with Crippen LogP contribution in [0.1, 0.15) is 32.8 Å². The Bertz CT molecular complexity index is 538. The lowest BCUT2D eigenvalue weighted by molar-refractivity contribution is -0.138. The molecule has 0 fully saturated rings. The number of halogens is 1. The first kappa shape index (κ1) is 16.9. The molecule has 1 aromatic carbocycles. The van der Waals surface area contributed by atoms with E-state index in [1.54, 1.807) is 13.0 Å². The Labute approximate surface area is 123 Å². The molecule has 21 heavy (non-hydrogen) atoms. The predicted octanol–water partition coefficient (Wildman–Crippen LogP) is 3.15. The highest BCUT2D eigenvalue weighted by Gasteiger charge is 2.28. The average Bonchev–Trinajstić information content (AvgIpc) is 2.32. The van der Waals surface area contributed by atoms with Crippen LogP contribution in [0.5, 0.6) is 0 Å². The summed E-state index contributed by atoms with van der Waals surface area (Å²) in [5.74, 6) is -1.40. The van der Waals surface area contributed by atoms with Gasteiger partial charge in [-0.25, -0.2) is 9.18 Å². The number of carboxylic acids is 1. The van der Waals surface area contributed by atoms with E-state index in [0.717, 1.165) is 0 Å². The highest BCUT2D eigenvalue weighted by molar-refractivity contribution is 5.90. The van der Waals surface area contributed by atoms with Gasteiger partial charge in [0, 0.05) is 17.3 Å². The van der Waals surface area contributed by atoms with E-state index in [1.807, 2.05) is 20.8 Å². The number of nitrogens with one attached hydrogen (secondary N) is 2. The Morgan fingerprint density at radius 1 is 1.33 bits per heavy atom. The second-order valence-corrected chi connectivity index (χ2v) is 6.03. The molecular formula is C15H21FN2O3. The maximum atomic E-state index is 13.4. The molecule has 0 bridgehead atoms. The quantitative estimate of drug-likeness (QED) is 0.798. The Hall–Kier alpha value is -2.11. The Balaban J connectivity index is 2.79. The maximum absolute atomic E-state index is 13.4. The van der Waals surface area contributed by atoms with Crippen molar-refractivity contribution in [3.05, 3.63) is 29.6 Å². The Kier molecular flexibility index (Phi) is 5.29. The number of rotatable bonds is 4.